The zero-order valence-corrected chi connectivity index (χ0v) is 11.9. The van der Waals surface area contributed by atoms with Crippen molar-refractivity contribution in [3.63, 3.8) is 0 Å². The third-order valence-corrected chi connectivity index (χ3v) is 5.05. The summed E-state index contributed by atoms with van der Waals surface area (Å²) in [4.78, 5) is 11.8. The topological polar surface area (TPSA) is 75.3 Å². The Morgan fingerprint density at radius 3 is 2.55 bits per heavy atom. The zero-order chi connectivity index (χ0) is 14.8. The van der Waals surface area contributed by atoms with Gasteiger partial charge in [-0.3, -0.25) is 0 Å². The molecule has 0 aliphatic carbocycles. The number of hydrogen-bond acceptors (Lipinski definition) is 3. The van der Waals surface area contributed by atoms with E-state index in [0.717, 1.165) is 5.56 Å². The molecule has 20 heavy (non-hydrogen) atoms. The van der Waals surface area contributed by atoms with Crippen molar-refractivity contribution < 1.29 is 17.6 Å². The molecular weight excluding hydrogens is 283 g/mol. The molecule has 0 bridgehead atoms. The summed E-state index contributed by atoms with van der Waals surface area (Å²) in [7, 11) is -3.01. The Hall–Kier alpha value is -1.63. The van der Waals surface area contributed by atoms with Crippen LogP contribution < -0.4 is 10.6 Å². The largest absolute Gasteiger partial charge is 0.334 e. The molecular formula is C13H17FN2O3S. The lowest BCUT2D eigenvalue weighted by Gasteiger charge is -2.17. The first-order valence-electron chi connectivity index (χ1n) is 6.39. The summed E-state index contributed by atoms with van der Waals surface area (Å²) >= 11 is 0. The van der Waals surface area contributed by atoms with Gasteiger partial charge in [-0.2, -0.15) is 0 Å². The first-order chi connectivity index (χ1) is 9.35. The van der Waals surface area contributed by atoms with Gasteiger partial charge in [0.25, 0.3) is 0 Å². The minimum absolute atomic E-state index is 0.00858. The molecule has 110 valence electrons. The quantitative estimate of drug-likeness (QED) is 0.885. The maximum Gasteiger partial charge on any atom is 0.315 e. The van der Waals surface area contributed by atoms with Crippen molar-refractivity contribution in [3.05, 3.63) is 35.6 Å². The van der Waals surface area contributed by atoms with E-state index in [1.54, 1.807) is 19.1 Å². The summed E-state index contributed by atoms with van der Waals surface area (Å²) in [5.74, 6) is -0.224. The number of benzene rings is 1. The highest BCUT2D eigenvalue weighted by Crippen LogP contribution is 2.14. The van der Waals surface area contributed by atoms with Crippen molar-refractivity contribution in [2.75, 3.05) is 11.5 Å². The van der Waals surface area contributed by atoms with Gasteiger partial charge in [0.1, 0.15) is 5.82 Å². The molecule has 0 saturated carbocycles. The van der Waals surface area contributed by atoms with Crippen LogP contribution in [0.15, 0.2) is 24.3 Å². The SMILES string of the molecule is CC(NC(=O)NC1CCS(=O)(=O)C1)c1ccc(F)cc1. The highest BCUT2D eigenvalue weighted by Gasteiger charge is 2.29. The van der Waals surface area contributed by atoms with Gasteiger partial charge in [0.15, 0.2) is 9.84 Å². The van der Waals surface area contributed by atoms with Crippen LogP contribution in [0.5, 0.6) is 0 Å². The molecule has 2 atom stereocenters. The number of hydrogen-bond donors (Lipinski definition) is 2. The summed E-state index contributed by atoms with van der Waals surface area (Å²) in [5, 5.41) is 5.35. The van der Waals surface area contributed by atoms with Crippen molar-refractivity contribution in [2.24, 2.45) is 0 Å². The lowest BCUT2D eigenvalue weighted by Crippen LogP contribution is -2.43. The van der Waals surface area contributed by atoms with Crippen LogP contribution in [-0.4, -0.2) is 32.0 Å². The Kier molecular flexibility index (Phi) is 4.27. The van der Waals surface area contributed by atoms with E-state index < -0.39 is 15.9 Å². The summed E-state index contributed by atoms with van der Waals surface area (Å²) < 4.78 is 35.4. The van der Waals surface area contributed by atoms with Crippen molar-refractivity contribution in [1.29, 1.82) is 0 Å². The molecule has 1 aliphatic rings. The van der Waals surface area contributed by atoms with Crippen molar-refractivity contribution in [2.45, 2.75) is 25.4 Å². The normalized spacial score (nSPS) is 22.2. The molecule has 1 aromatic rings. The number of carbonyl (C=O) groups is 1. The van der Waals surface area contributed by atoms with Crippen LogP contribution in [0.1, 0.15) is 24.9 Å². The average Bonchev–Trinajstić information content (AvgIpc) is 2.69. The van der Waals surface area contributed by atoms with E-state index in [-0.39, 0.29) is 29.4 Å². The molecule has 0 aromatic heterocycles. The molecule has 2 rings (SSSR count). The molecule has 1 aromatic carbocycles. The Morgan fingerprint density at radius 1 is 1.35 bits per heavy atom. The molecule has 2 amide bonds. The van der Waals surface area contributed by atoms with E-state index in [0.29, 0.717) is 6.42 Å². The van der Waals surface area contributed by atoms with Crippen LogP contribution in [0.2, 0.25) is 0 Å². The molecule has 2 unspecified atom stereocenters. The van der Waals surface area contributed by atoms with Gasteiger partial charge in [-0.25, -0.2) is 17.6 Å². The Balaban J connectivity index is 1.87. The highest BCUT2D eigenvalue weighted by molar-refractivity contribution is 7.91. The smallest absolute Gasteiger partial charge is 0.315 e. The third kappa shape index (κ3) is 3.93. The van der Waals surface area contributed by atoms with Crippen molar-refractivity contribution >= 4 is 15.9 Å². The van der Waals surface area contributed by atoms with Gasteiger partial charge < -0.3 is 10.6 Å². The van der Waals surface area contributed by atoms with Gasteiger partial charge in [0.2, 0.25) is 0 Å². The maximum atomic E-state index is 12.8. The number of sulfone groups is 1. The fourth-order valence-electron chi connectivity index (χ4n) is 2.17. The fourth-order valence-corrected chi connectivity index (χ4v) is 3.84. The third-order valence-electron chi connectivity index (χ3n) is 3.29. The number of amides is 2. The predicted molar refractivity (Wildman–Crippen MR) is 73.5 cm³/mol. The number of halogens is 1. The molecule has 1 fully saturated rings. The van der Waals surface area contributed by atoms with Crippen LogP contribution in [0, 0.1) is 5.82 Å². The summed E-state index contributed by atoms with van der Waals surface area (Å²) in [6, 6.07) is 4.82. The number of rotatable bonds is 3. The van der Waals surface area contributed by atoms with Crippen LogP contribution in [-0.2, 0) is 9.84 Å². The van der Waals surface area contributed by atoms with Gasteiger partial charge >= 0.3 is 6.03 Å². The van der Waals surface area contributed by atoms with Gasteiger partial charge in [-0.1, -0.05) is 12.1 Å². The monoisotopic (exact) mass is 300 g/mol. The number of carbonyl (C=O) groups excluding carboxylic acids is 1. The van der Waals surface area contributed by atoms with Crippen molar-refractivity contribution in [1.82, 2.24) is 10.6 Å². The van der Waals surface area contributed by atoms with Crippen LogP contribution in [0.3, 0.4) is 0 Å². The Labute approximate surface area is 117 Å². The zero-order valence-electron chi connectivity index (χ0n) is 11.1. The van der Waals surface area contributed by atoms with Crippen molar-refractivity contribution in [3.8, 4) is 0 Å². The lowest BCUT2D eigenvalue weighted by molar-refractivity contribution is 0.235. The first-order valence-corrected chi connectivity index (χ1v) is 8.21. The minimum Gasteiger partial charge on any atom is -0.334 e. The van der Waals surface area contributed by atoms with Gasteiger partial charge in [0, 0.05) is 6.04 Å². The van der Waals surface area contributed by atoms with Crippen LogP contribution in [0.25, 0.3) is 0 Å². The molecule has 2 N–H and O–H groups in total. The van der Waals surface area contributed by atoms with Gasteiger partial charge in [0.05, 0.1) is 17.5 Å². The van der Waals surface area contributed by atoms with E-state index in [1.807, 2.05) is 0 Å². The van der Waals surface area contributed by atoms with Gasteiger partial charge in [-0.15, -0.1) is 0 Å². The molecule has 7 heteroatoms. The number of nitrogens with one attached hydrogen (secondary N) is 2. The Morgan fingerprint density at radius 2 is 2.00 bits per heavy atom. The first kappa shape index (κ1) is 14.8. The van der Waals surface area contributed by atoms with E-state index in [1.165, 1.54) is 12.1 Å². The lowest BCUT2D eigenvalue weighted by atomic mass is 10.1. The fraction of sp³-hybridized carbons (Fsp3) is 0.462. The molecule has 1 saturated heterocycles. The van der Waals surface area contributed by atoms with E-state index in [2.05, 4.69) is 10.6 Å². The highest BCUT2D eigenvalue weighted by atomic mass is 32.2. The predicted octanol–water partition coefficient (Wildman–Crippen LogP) is 1.37. The standard InChI is InChI=1S/C13H17FN2O3S/c1-9(10-2-4-11(14)5-3-10)15-13(17)16-12-6-7-20(18,19)8-12/h2-5,9,12H,6-8H2,1H3,(H2,15,16,17). The average molecular weight is 300 g/mol. The molecule has 0 spiro atoms. The van der Waals surface area contributed by atoms with E-state index in [4.69, 9.17) is 0 Å². The molecule has 0 radical (unpaired) electrons. The summed E-state index contributed by atoms with van der Waals surface area (Å²) in [5.41, 5.74) is 0.778. The van der Waals surface area contributed by atoms with E-state index >= 15 is 0 Å². The Bertz CT molecular complexity index is 586. The van der Waals surface area contributed by atoms with Crippen LogP contribution in [0.4, 0.5) is 9.18 Å². The second kappa shape index (κ2) is 5.78. The molecule has 5 nitrogen and oxygen atoms in total. The second-order valence-electron chi connectivity index (χ2n) is 4.99. The second-order valence-corrected chi connectivity index (χ2v) is 7.22. The summed E-state index contributed by atoms with van der Waals surface area (Å²) in [6.45, 7) is 1.78. The van der Waals surface area contributed by atoms with E-state index in [9.17, 15) is 17.6 Å². The van der Waals surface area contributed by atoms with Gasteiger partial charge in [-0.05, 0) is 31.0 Å². The molecule has 1 aliphatic heterocycles. The minimum atomic E-state index is -3.01. The van der Waals surface area contributed by atoms with Crippen LogP contribution >= 0.6 is 0 Å². The maximum absolute atomic E-state index is 12.8. The summed E-state index contributed by atoms with van der Waals surface area (Å²) in [6.07, 6.45) is 0.445. The molecule has 1 heterocycles. The number of urea groups is 1.